The Hall–Kier alpha value is -2.50. The number of hydrogen-bond donors (Lipinski definition) is 2. The number of rotatable bonds is 6. The molecule has 1 saturated heterocycles. The highest BCUT2D eigenvalue weighted by Gasteiger charge is 2.26. The van der Waals surface area contributed by atoms with Crippen LogP contribution in [0.25, 0.3) is 0 Å². The summed E-state index contributed by atoms with van der Waals surface area (Å²) in [5.41, 5.74) is 0.154. The standard InChI is InChI=1S/C18H26N4O4/c1-4-6-19-7-13-26-18(25)21-11-9-20(10-12-21)15(3)22-8-5-16(23)17(24)14(22)2/h1,5,8,15,19,24H,6-7,9-13H2,2-3H3. The molecule has 1 fully saturated rings. The minimum absolute atomic E-state index is 0.0346. The van der Waals surface area contributed by atoms with E-state index in [2.05, 4.69) is 16.1 Å². The molecule has 8 heteroatoms. The van der Waals surface area contributed by atoms with E-state index in [0.29, 0.717) is 45.0 Å². The van der Waals surface area contributed by atoms with Crippen molar-refractivity contribution in [2.45, 2.75) is 20.0 Å². The van der Waals surface area contributed by atoms with Crippen LogP contribution in [-0.4, -0.2) is 71.4 Å². The summed E-state index contributed by atoms with van der Waals surface area (Å²) in [5, 5.41) is 12.8. The number of nitrogens with one attached hydrogen (secondary N) is 1. The van der Waals surface area contributed by atoms with Crippen LogP contribution in [0.2, 0.25) is 0 Å². The second-order valence-corrected chi connectivity index (χ2v) is 6.17. The molecule has 142 valence electrons. The van der Waals surface area contributed by atoms with E-state index in [-0.39, 0.29) is 30.0 Å². The monoisotopic (exact) mass is 362 g/mol. The molecule has 0 saturated carbocycles. The average molecular weight is 362 g/mol. The fourth-order valence-electron chi connectivity index (χ4n) is 2.96. The predicted molar refractivity (Wildman–Crippen MR) is 98.0 cm³/mol. The lowest BCUT2D eigenvalue weighted by Crippen LogP contribution is -2.50. The van der Waals surface area contributed by atoms with E-state index < -0.39 is 0 Å². The van der Waals surface area contributed by atoms with Crippen molar-refractivity contribution in [2.75, 3.05) is 45.9 Å². The number of amides is 1. The van der Waals surface area contributed by atoms with E-state index in [1.165, 1.54) is 6.07 Å². The highest BCUT2D eigenvalue weighted by Crippen LogP contribution is 2.20. The van der Waals surface area contributed by atoms with E-state index in [1.807, 2.05) is 11.5 Å². The highest BCUT2D eigenvalue weighted by molar-refractivity contribution is 5.67. The van der Waals surface area contributed by atoms with Gasteiger partial charge in [0.15, 0.2) is 5.75 Å². The number of aromatic hydroxyl groups is 1. The van der Waals surface area contributed by atoms with Gasteiger partial charge >= 0.3 is 6.09 Å². The van der Waals surface area contributed by atoms with Gasteiger partial charge in [-0.1, -0.05) is 5.92 Å². The fourth-order valence-corrected chi connectivity index (χ4v) is 2.96. The maximum absolute atomic E-state index is 12.1. The molecule has 0 spiro atoms. The van der Waals surface area contributed by atoms with Gasteiger partial charge in [-0.25, -0.2) is 4.79 Å². The van der Waals surface area contributed by atoms with Gasteiger partial charge in [0.25, 0.3) is 0 Å². The maximum atomic E-state index is 12.1. The first kappa shape index (κ1) is 19.8. The van der Waals surface area contributed by atoms with Crippen LogP contribution >= 0.6 is 0 Å². The first-order valence-corrected chi connectivity index (χ1v) is 8.66. The van der Waals surface area contributed by atoms with E-state index in [1.54, 1.807) is 18.0 Å². The average Bonchev–Trinajstić information content (AvgIpc) is 2.65. The summed E-state index contributed by atoms with van der Waals surface area (Å²) >= 11 is 0. The molecule has 1 aliphatic heterocycles. The molecule has 26 heavy (non-hydrogen) atoms. The molecule has 1 aromatic heterocycles. The number of pyridine rings is 1. The summed E-state index contributed by atoms with van der Waals surface area (Å²) in [4.78, 5) is 27.4. The maximum Gasteiger partial charge on any atom is 0.409 e. The van der Waals surface area contributed by atoms with Gasteiger partial charge in [0, 0.05) is 45.0 Å². The van der Waals surface area contributed by atoms with E-state index >= 15 is 0 Å². The molecule has 1 aromatic rings. The number of piperazine rings is 1. The largest absolute Gasteiger partial charge is 0.503 e. The molecule has 0 bridgehead atoms. The minimum atomic E-state index is -0.379. The van der Waals surface area contributed by atoms with E-state index in [4.69, 9.17) is 11.2 Å². The van der Waals surface area contributed by atoms with Crippen LogP contribution in [-0.2, 0) is 4.74 Å². The van der Waals surface area contributed by atoms with Gasteiger partial charge < -0.3 is 24.6 Å². The summed E-state index contributed by atoms with van der Waals surface area (Å²) < 4.78 is 7.08. The molecule has 1 unspecified atom stereocenters. The lowest BCUT2D eigenvalue weighted by molar-refractivity contribution is 0.0524. The number of carbonyl (C=O) groups excluding carboxylic acids is 1. The van der Waals surface area contributed by atoms with Crippen molar-refractivity contribution in [3.05, 3.63) is 28.2 Å². The Morgan fingerprint density at radius 2 is 2.12 bits per heavy atom. The second-order valence-electron chi connectivity index (χ2n) is 6.17. The van der Waals surface area contributed by atoms with Gasteiger partial charge in [-0.2, -0.15) is 0 Å². The second kappa shape index (κ2) is 9.27. The third-order valence-electron chi connectivity index (χ3n) is 4.58. The van der Waals surface area contributed by atoms with Crippen molar-refractivity contribution in [3.63, 3.8) is 0 Å². The quantitative estimate of drug-likeness (QED) is 0.561. The number of ether oxygens (including phenoxy) is 1. The van der Waals surface area contributed by atoms with Gasteiger partial charge in [-0.15, -0.1) is 6.42 Å². The van der Waals surface area contributed by atoms with Gasteiger partial charge in [0.05, 0.1) is 18.4 Å². The molecular formula is C18H26N4O4. The van der Waals surface area contributed by atoms with Crippen molar-refractivity contribution in [3.8, 4) is 18.1 Å². The van der Waals surface area contributed by atoms with Crippen molar-refractivity contribution < 1.29 is 14.6 Å². The smallest absolute Gasteiger partial charge is 0.409 e. The van der Waals surface area contributed by atoms with Crippen molar-refractivity contribution >= 4 is 6.09 Å². The van der Waals surface area contributed by atoms with Crippen LogP contribution < -0.4 is 10.7 Å². The minimum Gasteiger partial charge on any atom is -0.503 e. The fraction of sp³-hybridized carbons (Fsp3) is 0.556. The Morgan fingerprint density at radius 1 is 1.42 bits per heavy atom. The third kappa shape index (κ3) is 4.77. The zero-order chi connectivity index (χ0) is 19.1. The SMILES string of the molecule is C#CCNCCOC(=O)N1CCN(C(C)n2ccc(=O)c(O)c2C)CC1. The molecule has 2 N–H and O–H groups in total. The van der Waals surface area contributed by atoms with Gasteiger partial charge in [-0.3, -0.25) is 9.69 Å². The van der Waals surface area contributed by atoms with Crippen molar-refractivity contribution in [1.29, 1.82) is 0 Å². The predicted octanol–water partition coefficient (Wildman–Crippen LogP) is 0.358. The summed E-state index contributed by atoms with van der Waals surface area (Å²) in [6.45, 7) is 7.47. The third-order valence-corrected chi connectivity index (χ3v) is 4.58. The molecule has 2 rings (SSSR count). The number of nitrogens with zero attached hydrogens (tertiary/aromatic N) is 3. The Morgan fingerprint density at radius 3 is 2.77 bits per heavy atom. The molecule has 1 atom stereocenters. The molecule has 1 aliphatic rings. The van der Waals surface area contributed by atoms with E-state index in [9.17, 15) is 14.7 Å². The van der Waals surface area contributed by atoms with Gasteiger partial charge in [0.2, 0.25) is 5.43 Å². The summed E-state index contributed by atoms with van der Waals surface area (Å²) in [6, 6.07) is 1.36. The number of hydrogen-bond acceptors (Lipinski definition) is 6. The summed E-state index contributed by atoms with van der Waals surface area (Å²) in [5.74, 6) is 2.23. The number of aromatic nitrogens is 1. The van der Waals surface area contributed by atoms with Crippen LogP contribution in [0.1, 0.15) is 18.8 Å². The van der Waals surface area contributed by atoms with Crippen LogP contribution in [0, 0.1) is 19.3 Å². The van der Waals surface area contributed by atoms with Crippen LogP contribution in [0.4, 0.5) is 4.79 Å². The number of terminal acetylenes is 1. The topological polar surface area (TPSA) is 87.0 Å². The van der Waals surface area contributed by atoms with Gasteiger partial charge in [-0.05, 0) is 13.8 Å². The Labute approximate surface area is 153 Å². The lowest BCUT2D eigenvalue weighted by Gasteiger charge is -2.38. The highest BCUT2D eigenvalue weighted by atomic mass is 16.6. The summed E-state index contributed by atoms with van der Waals surface area (Å²) in [7, 11) is 0. The lowest BCUT2D eigenvalue weighted by atomic mass is 10.2. The first-order valence-electron chi connectivity index (χ1n) is 8.66. The van der Waals surface area contributed by atoms with E-state index in [0.717, 1.165) is 0 Å². The molecule has 0 radical (unpaired) electrons. The normalized spacial score (nSPS) is 16.1. The van der Waals surface area contributed by atoms with Gasteiger partial charge in [0.1, 0.15) is 6.61 Å². The molecule has 1 amide bonds. The molecule has 0 aliphatic carbocycles. The molecule has 2 heterocycles. The van der Waals surface area contributed by atoms with Crippen LogP contribution in [0.3, 0.4) is 0 Å². The zero-order valence-electron chi connectivity index (χ0n) is 15.3. The molecular weight excluding hydrogens is 336 g/mol. The van der Waals surface area contributed by atoms with Crippen LogP contribution in [0.5, 0.6) is 5.75 Å². The number of carbonyl (C=O) groups is 1. The molecule has 8 nitrogen and oxygen atoms in total. The Balaban J connectivity index is 1.84. The first-order chi connectivity index (χ1) is 12.5. The zero-order valence-corrected chi connectivity index (χ0v) is 15.3. The van der Waals surface area contributed by atoms with Crippen LogP contribution in [0.15, 0.2) is 17.1 Å². The Bertz CT molecular complexity index is 717. The Kier molecular flexibility index (Phi) is 7.06. The summed E-state index contributed by atoms with van der Waals surface area (Å²) in [6.07, 6.45) is 6.46. The molecule has 0 aromatic carbocycles. The van der Waals surface area contributed by atoms with Crippen molar-refractivity contribution in [1.82, 2.24) is 19.7 Å². The van der Waals surface area contributed by atoms with Crippen molar-refractivity contribution in [2.24, 2.45) is 0 Å².